The topological polar surface area (TPSA) is 80.8 Å². The monoisotopic (exact) mass is 567 g/mol. The zero-order valence-electron chi connectivity index (χ0n) is 21.0. The second-order valence-electron chi connectivity index (χ2n) is 9.29. The number of nitrogens with zero attached hydrogens (tertiary/aromatic N) is 2. The largest absolute Gasteiger partial charge is 0.497 e. The number of halogens is 2. The van der Waals surface area contributed by atoms with Gasteiger partial charge in [0.05, 0.1) is 31.5 Å². The zero-order valence-corrected chi connectivity index (χ0v) is 23.4. The number of thiazole rings is 1. The van der Waals surface area contributed by atoms with Crippen LogP contribution in [0.4, 0.5) is 15.2 Å². The van der Waals surface area contributed by atoms with Crippen LogP contribution in [0.15, 0.2) is 46.8 Å². The van der Waals surface area contributed by atoms with Crippen molar-refractivity contribution >= 4 is 43.8 Å². The van der Waals surface area contributed by atoms with E-state index < -0.39 is 20.7 Å². The lowest BCUT2D eigenvalue weighted by molar-refractivity contribution is 0.293. The predicted octanol–water partition coefficient (Wildman–Crippen LogP) is 6.59. The molecule has 1 fully saturated rings. The van der Waals surface area contributed by atoms with Gasteiger partial charge in [-0.15, -0.1) is 11.3 Å². The van der Waals surface area contributed by atoms with Crippen molar-refractivity contribution in [2.45, 2.75) is 44.0 Å². The van der Waals surface area contributed by atoms with Crippen LogP contribution in [0, 0.1) is 17.7 Å². The summed E-state index contributed by atoms with van der Waals surface area (Å²) >= 11 is 7.60. The molecule has 3 aromatic rings. The van der Waals surface area contributed by atoms with Crippen molar-refractivity contribution < 1.29 is 22.3 Å². The average Bonchev–Trinajstić information content (AvgIpc) is 3.41. The van der Waals surface area contributed by atoms with Crippen LogP contribution in [-0.4, -0.2) is 34.2 Å². The van der Waals surface area contributed by atoms with E-state index in [-0.39, 0.29) is 16.7 Å². The van der Waals surface area contributed by atoms with E-state index in [4.69, 9.17) is 21.1 Å². The number of rotatable bonds is 10. The first-order valence-electron chi connectivity index (χ1n) is 12.1. The fourth-order valence-corrected chi connectivity index (χ4v) is 7.35. The normalized spacial score (nSPS) is 17.9. The van der Waals surface area contributed by atoms with E-state index in [1.54, 1.807) is 23.6 Å². The van der Waals surface area contributed by atoms with E-state index in [0.29, 0.717) is 41.1 Å². The van der Waals surface area contributed by atoms with Crippen LogP contribution in [0.2, 0.25) is 5.02 Å². The van der Waals surface area contributed by atoms with Crippen LogP contribution in [0.5, 0.6) is 11.5 Å². The molecule has 37 heavy (non-hydrogen) atoms. The summed E-state index contributed by atoms with van der Waals surface area (Å²) in [5.74, 6) is 1.26. The van der Waals surface area contributed by atoms with Crippen LogP contribution >= 0.6 is 22.9 Å². The van der Waals surface area contributed by atoms with E-state index >= 15 is 4.39 Å². The summed E-state index contributed by atoms with van der Waals surface area (Å²) < 4.78 is 54.7. The molecule has 1 aliphatic rings. The van der Waals surface area contributed by atoms with Crippen molar-refractivity contribution in [2.75, 3.05) is 30.4 Å². The fourth-order valence-electron chi connectivity index (χ4n) is 4.71. The third kappa shape index (κ3) is 6.30. The maximum Gasteiger partial charge on any atom is 0.269 e. The molecule has 1 aromatic heterocycles. The lowest BCUT2D eigenvalue weighted by Crippen LogP contribution is -2.31. The minimum Gasteiger partial charge on any atom is -0.497 e. The fraction of sp³-hybridized carbons (Fsp3) is 0.423. The van der Waals surface area contributed by atoms with Crippen LogP contribution < -0.4 is 19.1 Å². The molecular weight excluding hydrogens is 537 g/mol. The molecule has 200 valence electrons. The number of hydrogen-bond donors (Lipinski definition) is 1. The van der Waals surface area contributed by atoms with Gasteiger partial charge in [0.15, 0.2) is 5.13 Å². The molecule has 11 heteroatoms. The van der Waals surface area contributed by atoms with Gasteiger partial charge in [0.1, 0.15) is 22.2 Å². The molecule has 4 rings (SSSR count). The maximum absolute atomic E-state index is 15.4. The van der Waals surface area contributed by atoms with Crippen LogP contribution in [0.25, 0.3) is 0 Å². The molecule has 0 aliphatic heterocycles. The highest BCUT2D eigenvalue weighted by molar-refractivity contribution is 7.93. The Bertz CT molecular complexity index is 1320. The highest BCUT2D eigenvalue weighted by Gasteiger charge is 2.32. The Morgan fingerprint density at radius 1 is 1.22 bits per heavy atom. The lowest BCUT2D eigenvalue weighted by Gasteiger charge is -2.27. The van der Waals surface area contributed by atoms with E-state index in [9.17, 15) is 8.42 Å². The van der Waals surface area contributed by atoms with Crippen molar-refractivity contribution in [1.29, 1.82) is 0 Å². The smallest absolute Gasteiger partial charge is 0.269 e. The molecule has 0 amide bonds. The maximum atomic E-state index is 15.4. The van der Waals surface area contributed by atoms with E-state index in [0.717, 1.165) is 34.6 Å². The number of aromatic nitrogens is 1. The minimum atomic E-state index is -4.37. The number of sulfonamides is 1. The Balaban J connectivity index is 1.63. The standard InChI is InChI=1S/C26H31ClFN3O4S2/c1-17-5-4-6-18(11-17)15-30-23-14-22(28)25(13-21(23)27)37(32,33)31(26-29-9-10-36-26)16-19-7-8-20(34-2)12-24(19)35-3/h7-10,12-14,17-18,30H,4-6,11,15-16H2,1-3H3. The van der Waals surface area contributed by atoms with Gasteiger partial charge in [0, 0.05) is 29.8 Å². The van der Waals surface area contributed by atoms with Gasteiger partial charge in [0.2, 0.25) is 0 Å². The predicted molar refractivity (Wildman–Crippen MR) is 146 cm³/mol. The van der Waals surface area contributed by atoms with Crippen LogP contribution in [0.3, 0.4) is 0 Å². The Hall–Kier alpha value is -2.56. The van der Waals surface area contributed by atoms with E-state index in [1.807, 2.05) is 0 Å². The van der Waals surface area contributed by atoms with Crippen molar-refractivity contribution in [3.05, 3.63) is 58.3 Å². The highest BCUT2D eigenvalue weighted by atomic mass is 35.5. The molecule has 0 spiro atoms. The van der Waals surface area contributed by atoms with Gasteiger partial charge in [0.25, 0.3) is 10.0 Å². The average molecular weight is 568 g/mol. The number of ether oxygens (including phenoxy) is 2. The first-order valence-corrected chi connectivity index (χ1v) is 14.8. The SMILES string of the molecule is COc1ccc(CN(c2nccs2)S(=O)(=O)c2cc(Cl)c(NCC3CCCC(C)C3)cc2F)c(OC)c1. The first kappa shape index (κ1) is 27.5. The molecule has 2 aromatic carbocycles. The molecule has 1 aliphatic carbocycles. The van der Waals surface area contributed by atoms with Gasteiger partial charge in [-0.25, -0.2) is 22.1 Å². The molecular formula is C26H31ClFN3O4S2. The van der Waals surface area contributed by atoms with Crippen molar-refractivity contribution in [2.24, 2.45) is 11.8 Å². The number of hydrogen-bond acceptors (Lipinski definition) is 7. The van der Waals surface area contributed by atoms with Gasteiger partial charge < -0.3 is 14.8 Å². The van der Waals surface area contributed by atoms with Gasteiger partial charge in [-0.05, 0) is 48.9 Å². The summed E-state index contributed by atoms with van der Waals surface area (Å²) in [7, 11) is -1.35. The second kappa shape index (κ2) is 11.9. The Morgan fingerprint density at radius 2 is 2.03 bits per heavy atom. The molecule has 0 radical (unpaired) electrons. The van der Waals surface area contributed by atoms with Crippen molar-refractivity contribution in [3.63, 3.8) is 0 Å². The molecule has 2 unspecified atom stereocenters. The third-order valence-electron chi connectivity index (χ3n) is 6.66. The minimum absolute atomic E-state index is 0.125. The summed E-state index contributed by atoms with van der Waals surface area (Å²) in [6.07, 6.45) is 6.13. The summed E-state index contributed by atoms with van der Waals surface area (Å²) in [5, 5.41) is 5.22. The summed E-state index contributed by atoms with van der Waals surface area (Å²) in [4.78, 5) is 3.67. The van der Waals surface area contributed by atoms with Crippen LogP contribution in [-0.2, 0) is 16.6 Å². The van der Waals surface area contributed by atoms with Gasteiger partial charge >= 0.3 is 0 Å². The Labute approximate surface area is 226 Å². The number of anilines is 2. The van der Waals surface area contributed by atoms with Gasteiger partial charge in [-0.1, -0.05) is 31.4 Å². The Kier molecular flexibility index (Phi) is 8.82. The summed E-state index contributed by atoms with van der Waals surface area (Å²) in [6, 6.07) is 7.40. The van der Waals surface area contributed by atoms with Gasteiger partial charge in [-0.3, -0.25) is 0 Å². The lowest BCUT2D eigenvalue weighted by atomic mass is 9.82. The zero-order chi connectivity index (χ0) is 26.6. The number of nitrogens with one attached hydrogen (secondary N) is 1. The second-order valence-corrected chi connectivity index (χ2v) is 12.4. The number of benzene rings is 2. The van der Waals surface area contributed by atoms with E-state index in [2.05, 4.69) is 17.2 Å². The molecule has 2 atom stereocenters. The van der Waals surface area contributed by atoms with Crippen LogP contribution in [0.1, 0.15) is 38.2 Å². The number of methoxy groups -OCH3 is 2. The van der Waals surface area contributed by atoms with E-state index in [1.165, 1.54) is 39.3 Å². The summed E-state index contributed by atoms with van der Waals surface area (Å²) in [6.45, 7) is 2.78. The highest BCUT2D eigenvalue weighted by Crippen LogP contribution is 2.36. The first-order chi connectivity index (χ1) is 17.7. The van der Waals surface area contributed by atoms with Crippen molar-refractivity contribution in [1.82, 2.24) is 4.98 Å². The molecule has 1 saturated carbocycles. The van der Waals surface area contributed by atoms with Crippen molar-refractivity contribution in [3.8, 4) is 11.5 Å². The quantitative estimate of drug-likeness (QED) is 0.298. The summed E-state index contributed by atoms with van der Waals surface area (Å²) in [5.41, 5.74) is 0.947. The molecule has 1 heterocycles. The van der Waals surface area contributed by atoms with Gasteiger partial charge in [-0.2, -0.15) is 0 Å². The molecule has 0 saturated heterocycles. The molecule has 7 nitrogen and oxygen atoms in total. The molecule has 1 N–H and O–H groups in total. The Morgan fingerprint density at radius 3 is 2.70 bits per heavy atom. The third-order valence-corrected chi connectivity index (χ3v) is 9.63. The molecule has 0 bridgehead atoms.